The van der Waals surface area contributed by atoms with Gasteiger partial charge in [0.05, 0.1) is 10.6 Å². The van der Waals surface area contributed by atoms with E-state index < -0.39 is 0 Å². The summed E-state index contributed by atoms with van der Waals surface area (Å²) in [7, 11) is 0. The van der Waals surface area contributed by atoms with Crippen molar-refractivity contribution >= 4 is 33.4 Å². The molecule has 0 heterocycles. The first-order valence-electron chi connectivity index (χ1n) is 6.15. The topological polar surface area (TPSA) is 67.8 Å². The third kappa shape index (κ3) is 3.31. The molecule has 2 aromatic rings. The fourth-order valence-electron chi connectivity index (χ4n) is 1.98. The Labute approximate surface area is 136 Å². The lowest BCUT2D eigenvalue weighted by Crippen LogP contribution is -2.14. The van der Waals surface area contributed by atoms with E-state index >= 15 is 0 Å². The third-order valence-corrected chi connectivity index (χ3v) is 4.54. The molecule has 0 fully saturated rings. The summed E-state index contributed by atoms with van der Waals surface area (Å²) in [6.07, 6.45) is 0. The molecule has 4 nitrogen and oxygen atoms in total. The van der Waals surface area contributed by atoms with Crippen LogP contribution in [0.2, 0.25) is 5.02 Å². The molecule has 0 aromatic heterocycles. The summed E-state index contributed by atoms with van der Waals surface area (Å²) in [5.74, 6) is 0.988. The second-order valence-electron chi connectivity index (χ2n) is 4.57. The fourth-order valence-corrected chi connectivity index (χ4v) is 2.47. The first kappa shape index (κ1) is 15.7. The van der Waals surface area contributed by atoms with Gasteiger partial charge in [0, 0.05) is 4.47 Å². The molecule has 0 aliphatic carbocycles. The predicted molar refractivity (Wildman–Crippen MR) is 87.7 cm³/mol. The number of ether oxygens (including phenoxy) is 1. The first-order valence-corrected chi connectivity index (χ1v) is 7.32. The molecular weight excluding hydrogens is 356 g/mol. The van der Waals surface area contributed by atoms with Crippen molar-refractivity contribution in [1.82, 2.24) is 0 Å². The summed E-state index contributed by atoms with van der Waals surface area (Å²) in [4.78, 5) is 0. The fraction of sp³-hybridized carbons (Fsp3) is 0.133. The molecule has 0 unspecified atom stereocenters. The van der Waals surface area contributed by atoms with Crippen molar-refractivity contribution in [2.45, 2.75) is 13.8 Å². The van der Waals surface area contributed by atoms with Gasteiger partial charge in [-0.1, -0.05) is 38.8 Å². The standard InChI is InChI=1S/C15H14BrClN2O2/c1-8-6-10(7-9(2)14(8)16)21-12-5-3-4-11(17)13(12)15(18)19-20/h3-7,20H,1-2H3,(H2,18,19). The van der Waals surface area contributed by atoms with Crippen molar-refractivity contribution < 1.29 is 9.94 Å². The van der Waals surface area contributed by atoms with Gasteiger partial charge in [0.25, 0.3) is 0 Å². The van der Waals surface area contributed by atoms with Crippen molar-refractivity contribution in [3.05, 3.63) is 56.5 Å². The van der Waals surface area contributed by atoms with Gasteiger partial charge in [0.1, 0.15) is 11.5 Å². The zero-order valence-corrected chi connectivity index (χ0v) is 13.9. The SMILES string of the molecule is Cc1cc(Oc2cccc(Cl)c2/C(N)=N/O)cc(C)c1Br. The number of benzene rings is 2. The molecule has 0 radical (unpaired) electrons. The zero-order chi connectivity index (χ0) is 15.6. The lowest BCUT2D eigenvalue weighted by atomic mass is 10.1. The smallest absolute Gasteiger partial charge is 0.175 e. The number of nitrogens with two attached hydrogens (primary N) is 1. The maximum atomic E-state index is 8.87. The van der Waals surface area contributed by atoms with E-state index in [0.29, 0.717) is 22.1 Å². The molecule has 2 rings (SSSR count). The number of aryl methyl sites for hydroxylation is 2. The molecular formula is C15H14BrClN2O2. The van der Waals surface area contributed by atoms with Crippen LogP contribution in [0, 0.1) is 13.8 Å². The number of amidine groups is 1. The highest BCUT2D eigenvalue weighted by molar-refractivity contribution is 9.10. The Morgan fingerprint density at radius 1 is 1.29 bits per heavy atom. The van der Waals surface area contributed by atoms with Gasteiger partial charge in [-0.25, -0.2) is 0 Å². The first-order chi connectivity index (χ1) is 9.93. The highest BCUT2D eigenvalue weighted by atomic mass is 79.9. The quantitative estimate of drug-likeness (QED) is 0.359. The number of nitrogens with zero attached hydrogens (tertiary/aromatic N) is 1. The van der Waals surface area contributed by atoms with Crippen molar-refractivity contribution in [3.63, 3.8) is 0 Å². The summed E-state index contributed by atoms with van der Waals surface area (Å²) in [6.45, 7) is 3.96. The molecule has 110 valence electrons. The number of oxime groups is 1. The van der Waals surface area contributed by atoms with E-state index in [1.54, 1.807) is 18.2 Å². The van der Waals surface area contributed by atoms with Crippen LogP contribution in [0.25, 0.3) is 0 Å². The minimum Gasteiger partial charge on any atom is -0.457 e. The molecule has 0 saturated carbocycles. The molecule has 0 saturated heterocycles. The Morgan fingerprint density at radius 3 is 2.48 bits per heavy atom. The van der Waals surface area contributed by atoms with E-state index in [0.717, 1.165) is 15.6 Å². The van der Waals surface area contributed by atoms with Crippen LogP contribution in [-0.4, -0.2) is 11.0 Å². The second-order valence-corrected chi connectivity index (χ2v) is 5.77. The van der Waals surface area contributed by atoms with E-state index in [-0.39, 0.29) is 5.84 Å². The van der Waals surface area contributed by atoms with Crippen LogP contribution in [0.5, 0.6) is 11.5 Å². The van der Waals surface area contributed by atoms with Gasteiger partial charge in [0.15, 0.2) is 5.84 Å². The van der Waals surface area contributed by atoms with Gasteiger partial charge in [-0.3, -0.25) is 0 Å². The molecule has 21 heavy (non-hydrogen) atoms. The molecule has 0 spiro atoms. The van der Waals surface area contributed by atoms with Gasteiger partial charge in [0.2, 0.25) is 0 Å². The maximum absolute atomic E-state index is 8.87. The van der Waals surface area contributed by atoms with Crippen LogP contribution >= 0.6 is 27.5 Å². The summed E-state index contributed by atoms with van der Waals surface area (Å²) in [6, 6.07) is 8.90. The number of halogens is 2. The summed E-state index contributed by atoms with van der Waals surface area (Å²) in [5.41, 5.74) is 8.13. The van der Waals surface area contributed by atoms with Crippen LogP contribution in [0.1, 0.15) is 16.7 Å². The number of rotatable bonds is 3. The average molecular weight is 370 g/mol. The normalized spacial score (nSPS) is 11.5. The minimum absolute atomic E-state index is 0.0962. The number of hydrogen-bond acceptors (Lipinski definition) is 3. The summed E-state index contributed by atoms with van der Waals surface area (Å²) >= 11 is 9.61. The van der Waals surface area contributed by atoms with Gasteiger partial charge in [-0.15, -0.1) is 0 Å². The lowest BCUT2D eigenvalue weighted by Gasteiger charge is -2.13. The molecule has 2 aromatic carbocycles. The van der Waals surface area contributed by atoms with Gasteiger partial charge in [-0.05, 0) is 49.2 Å². The molecule has 0 amide bonds. The van der Waals surface area contributed by atoms with Gasteiger partial charge in [-0.2, -0.15) is 0 Å². The van der Waals surface area contributed by atoms with Crippen molar-refractivity contribution in [2.24, 2.45) is 10.9 Å². The van der Waals surface area contributed by atoms with Crippen molar-refractivity contribution in [2.75, 3.05) is 0 Å². The Kier molecular flexibility index (Phi) is 4.75. The van der Waals surface area contributed by atoms with Crippen LogP contribution < -0.4 is 10.5 Å². The van der Waals surface area contributed by atoms with E-state index in [4.69, 9.17) is 27.3 Å². The van der Waals surface area contributed by atoms with Crippen LogP contribution in [0.4, 0.5) is 0 Å². The van der Waals surface area contributed by atoms with Crippen LogP contribution in [-0.2, 0) is 0 Å². The second kappa shape index (κ2) is 6.37. The molecule has 6 heteroatoms. The largest absolute Gasteiger partial charge is 0.457 e. The van der Waals surface area contributed by atoms with Crippen molar-refractivity contribution in [1.29, 1.82) is 0 Å². The Bertz CT molecular complexity index is 694. The molecule has 0 aliphatic heterocycles. The number of hydrogen-bond donors (Lipinski definition) is 2. The Hall–Kier alpha value is -1.72. The van der Waals surface area contributed by atoms with E-state index in [1.807, 2.05) is 26.0 Å². The predicted octanol–water partition coefficient (Wildman–Crippen LogP) is 4.61. The summed E-state index contributed by atoms with van der Waals surface area (Å²) < 4.78 is 6.89. The lowest BCUT2D eigenvalue weighted by molar-refractivity contribution is 0.318. The third-order valence-electron chi connectivity index (χ3n) is 2.98. The van der Waals surface area contributed by atoms with Crippen molar-refractivity contribution in [3.8, 4) is 11.5 Å². The molecule has 3 N–H and O–H groups in total. The highest BCUT2D eigenvalue weighted by Gasteiger charge is 2.14. The maximum Gasteiger partial charge on any atom is 0.175 e. The summed E-state index contributed by atoms with van der Waals surface area (Å²) in [5, 5.41) is 12.2. The highest BCUT2D eigenvalue weighted by Crippen LogP contribution is 2.33. The minimum atomic E-state index is -0.0962. The molecule has 0 atom stereocenters. The Morgan fingerprint density at radius 2 is 1.90 bits per heavy atom. The van der Waals surface area contributed by atoms with Gasteiger partial charge >= 0.3 is 0 Å². The monoisotopic (exact) mass is 368 g/mol. The van der Waals surface area contributed by atoms with E-state index in [1.165, 1.54) is 0 Å². The molecule has 0 aliphatic rings. The zero-order valence-electron chi connectivity index (χ0n) is 11.5. The molecule has 0 bridgehead atoms. The Balaban J connectivity index is 2.48. The van der Waals surface area contributed by atoms with Gasteiger partial charge < -0.3 is 15.7 Å². The van der Waals surface area contributed by atoms with E-state index in [2.05, 4.69) is 21.1 Å². The van der Waals surface area contributed by atoms with Crippen LogP contribution in [0.15, 0.2) is 40.0 Å². The average Bonchev–Trinajstić information content (AvgIpc) is 2.44. The van der Waals surface area contributed by atoms with E-state index in [9.17, 15) is 0 Å². The van der Waals surface area contributed by atoms with Crippen LogP contribution in [0.3, 0.4) is 0 Å².